The van der Waals surface area contributed by atoms with Gasteiger partial charge >= 0.3 is 5.97 Å². The van der Waals surface area contributed by atoms with E-state index in [0.717, 1.165) is 0 Å². The fraction of sp³-hybridized carbons (Fsp3) is 0.562. The lowest BCUT2D eigenvalue weighted by atomic mass is 9.89. The molecule has 7 atom stereocenters. The topological polar surface area (TPSA) is 135 Å². The molecule has 0 aromatic carbocycles. The molecule has 4 N–H and O–H groups in total. The molecular weight excluding hydrogens is 336 g/mol. The van der Waals surface area contributed by atoms with Crippen LogP contribution in [-0.2, 0) is 23.7 Å². The van der Waals surface area contributed by atoms with Crippen molar-refractivity contribution in [2.45, 2.75) is 37.0 Å². The Kier molecular flexibility index (Phi) is 5.23. The van der Waals surface area contributed by atoms with Crippen molar-refractivity contribution in [3.63, 3.8) is 0 Å². The first-order valence-electron chi connectivity index (χ1n) is 7.79. The number of hydrogen-bond donors (Lipinski definition) is 4. The maximum Gasteiger partial charge on any atom is 0.341 e. The molecule has 138 valence electrons. The second kappa shape index (κ2) is 7.24. The predicted molar refractivity (Wildman–Crippen MR) is 80.5 cm³/mol. The van der Waals surface area contributed by atoms with Crippen molar-refractivity contribution in [2.24, 2.45) is 5.92 Å². The molecule has 3 aliphatic rings. The van der Waals surface area contributed by atoms with Crippen LogP contribution < -0.4 is 0 Å². The summed E-state index contributed by atoms with van der Waals surface area (Å²) in [5, 5.41) is 38.9. The first-order valence-corrected chi connectivity index (χ1v) is 7.79. The highest BCUT2D eigenvalue weighted by Gasteiger charge is 2.46. The number of carbonyl (C=O) groups is 1. The summed E-state index contributed by atoms with van der Waals surface area (Å²) in [6, 6.07) is 0. The van der Waals surface area contributed by atoms with Gasteiger partial charge in [0.2, 0.25) is 6.29 Å². The van der Waals surface area contributed by atoms with Crippen LogP contribution in [0.5, 0.6) is 0 Å². The third kappa shape index (κ3) is 3.22. The molecule has 0 aromatic rings. The average molecular weight is 356 g/mol. The third-order valence-corrected chi connectivity index (χ3v) is 4.39. The zero-order chi connectivity index (χ0) is 18.1. The van der Waals surface area contributed by atoms with E-state index < -0.39 is 55.5 Å². The third-order valence-electron chi connectivity index (χ3n) is 4.39. The Bertz CT molecular complexity index is 596. The van der Waals surface area contributed by atoms with Crippen LogP contribution in [-0.4, -0.2) is 76.6 Å². The summed E-state index contributed by atoms with van der Waals surface area (Å²) in [6.07, 6.45) is -3.61. The summed E-state index contributed by atoms with van der Waals surface area (Å²) in [6.45, 7) is 3.25. The minimum Gasteiger partial charge on any atom is -0.471 e. The monoisotopic (exact) mass is 356 g/mol. The van der Waals surface area contributed by atoms with E-state index in [1.807, 2.05) is 0 Å². The molecule has 0 amide bonds. The Labute approximate surface area is 143 Å². The number of esters is 1. The molecule has 0 aromatic heterocycles. The zero-order valence-corrected chi connectivity index (χ0v) is 13.2. The molecule has 1 fully saturated rings. The van der Waals surface area contributed by atoms with E-state index in [1.54, 1.807) is 6.08 Å². The Hall–Kier alpha value is -1.75. The lowest BCUT2D eigenvalue weighted by Crippen LogP contribution is -2.60. The van der Waals surface area contributed by atoms with Gasteiger partial charge in [0.1, 0.15) is 37.3 Å². The van der Waals surface area contributed by atoms with Crippen LogP contribution in [0.25, 0.3) is 0 Å². The van der Waals surface area contributed by atoms with Crippen LogP contribution in [0.1, 0.15) is 0 Å². The van der Waals surface area contributed by atoms with Crippen molar-refractivity contribution >= 4 is 5.97 Å². The highest BCUT2D eigenvalue weighted by Crippen LogP contribution is 2.35. The van der Waals surface area contributed by atoms with E-state index in [9.17, 15) is 25.2 Å². The zero-order valence-electron chi connectivity index (χ0n) is 13.2. The lowest BCUT2D eigenvalue weighted by Gasteiger charge is -2.42. The summed E-state index contributed by atoms with van der Waals surface area (Å²) >= 11 is 0. The van der Waals surface area contributed by atoms with Gasteiger partial charge in [0.15, 0.2) is 6.29 Å². The molecule has 1 saturated heterocycles. The summed E-state index contributed by atoms with van der Waals surface area (Å²) < 4.78 is 21.2. The average Bonchev–Trinajstić information content (AvgIpc) is 2.62. The van der Waals surface area contributed by atoms with Crippen molar-refractivity contribution < 1.29 is 44.2 Å². The molecule has 0 aliphatic carbocycles. The van der Waals surface area contributed by atoms with Gasteiger partial charge in [-0.3, -0.25) is 0 Å². The van der Waals surface area contributed by atoms with Crippen LogP contribution >= 0.6 is 0 Å². The fourth-order valence-corrected chi connectivity index (χ4v) is 2.98. The molecule has 25 heavy (non-hydrogen) atoms. The van der Waals surface area contributed by atoms with E-state index >= 15 is 0 Å². The molecule has 3 aliphatic heterocycles. The lowest BCUT2D eigenvalue weighted by molar-refractivity contribution is -0.336. The first kappa shape index (κ1) is 18.1. The minimum absolute atomic E-state index is 0.114. The van der Waals surface area contributed by atoms with E-state index in [1.165, 1.54) is 12.3 Å². The number of rotatable bonds is 4. The van der Waals surface area contributed by atoms with Gasteiger partial charge in [-0.2, -0.15) is 0 Å². The molecule has 0 radical (unpaired) electrons. The minimum atomic E-state index is -1.56. The standard InChI is InChI=1S/C16H20O9/c1-2-7-8-3-4-22-14(21)9(8)6-23-15(7)25-16-13(20)12(19)11(18)10(5-17)24-16/h2-3,6-7,10-13,15-20H,1,4-5H2/t7-,10-,11+,12+,13+,15+,16+/m0/s1. The van der Waals surface area contributed by atoms with Crippen molar-refractivity contribution in [3.8, 4) is 0 Å². The van der Waals surface area contributed by atoms with Crippen molar-refractivity contribution in [1.82, 2.24) is 0 Å². The number of cyclic esters (lactones) is 1. The summed E-state index contributed by atoms with van der Waals surface area (Å²) in [5.41, 5.74) is 0.872. The summed E-state index contributed by atoms with van der Waals surface area (Å²) in [5.74, 6) is -1.06. The van der Waals surface area contributed by atoms with Crippen molar-refractivity contribution in [1.29, 1.82) is 0 Å². The van der Waals surface area contributed by atoms with Gasteiger partial charge in [-0.05, 0) is 11.6 Å². The van der Waals surface area contributed by atoms with Gasteiger partial charge in [0.05, 0.1) is 18.1 Å². The van der Waals surface area contributed by atoms with Gasteiger partial charge in [-0.1, -0.05) is 6.08 Å². The van der Waals surface area contributed by atoms with Crippen molar-refractivity contribution in [3.05, 3.63) is 36.1 Å². The highest BCUT2D eigenvalue weighted by molar-refractivity contribution is 5.94. The molecule has 3 rings (SSSR count). The molecule has 0 spiro atoms. The Morgan fingerprint density at radius 2 is 2.00 bits per heavy atom. The fourth-order valence-electron chi connectivity index (χ4n) is 2.98. The number of ether oxygens (including phenoxy) is 4. The van der Waals surface area contributed by atoms with Gasteiger partial charge in [0.25, 0.3) is 0 Å². The molecule has 0 bridgehead atoms. The van der Waals surface area contributed by atoms with Crippen LogP contribution in [0, 0.1) is 5.92 Å². The summed E-state index contributed by atoms with van der Waals surface area (Å²) in [4.78, 5) is 11.8. The molecule has 0 unspecified atom stereocenters. The Morgan fingerprint density at radius 3 is 2.68 bits per heavy atom. The highest BCUT2D eigenvalue weighted by atomic mass is 16.8. The van der Waals surface area contributed by atoms with Gasteiger partial charge in [-0.15, -0.1) is 6.58 Å². The largest absolute Gasteiger partial charge is 0.471 e. The normalized spacial score (nSPS) is 41.0. The SMILES string of the molecule is C=C[C@H]1C2=CCOC(=O)C2=CO[C@@H]1O[C@H]1O[C@@H](CO)[C@@H](O)[C@@H](O)[C@H]1O. The smallest absolute Gasteiger partial charge is 0.341 e. The molecule has 9 nitrogen and oxygen atoms in total. The van der Waals surface area contributed by atoms with Crippen LogP contribution in [0.4, 0.5) is 0 Å². The van der Waals surface area contributed by atoms with E-state index in [4.69, 9.17) is 18.9 Å². The number of fused-ring (bicyclic) bond motifs is 1. The van der Waals surface area contributed by atoms with Crippen LogP contribution in [0.2, 0.25) is 0 Å². The van der Waals surface area contributed by atoms with Gasteiger partial charge in [0, 0.05) is 0 Å². The van der Waals surface area contributed by atoms with E-state index in [2.05, 4.69) is 6.58 Å². The van der Waals surface area contributed by atoms with E-state index in [0.29, 0.717) is 5.57 Å². The molecular formula is C16H20O9. The maximum atomic E-state index is 11.8. The molecule has 9 heteroatoms. The summed E-state index contributed by atoms with van der Waals surface area (Å²) in [7, 11) is 0. The van der Waals surface area contributed by atoms with Gasteiger partial charge < -0.3 is 39.4 Å². The number of aliphatic hydroxyl groups is 4. The second-order valence-corrected chi connectivity index (χ2v) is 5.89. The number of carbonyl (C=O) groups excluding carboxylic acids is 1. The van der Waals surface area contributed by atoms with E-state index in [-0.39, 0.29) is 12.2 Å². The van der Waals surface area contributed by atoms with Gasteiger partial charge in [-0.25, -0.2) is 4.79 Å². The predicted octanol–water partition coefficient (Wildman–Crippen LogP) is -1.67. The second-order valence-electron chi connectivity index (χ2n) is 5.89. The van der Waals surface area contributed by atoms with Crippen LogP contribution in [0.3, 0.4) is 0 Å². The Morgan fingerprint density at radius 1 is 1.24 bits per heavy atom. The van der Waals surface area contributed by atoms with Crippen LogP contribution in [0.15, 0.2) is 36.1 Å². The molecule has 3 heterocycles. The quantitative estimate of drug-likeness (QED) is 0.344. The first-order chi connectivity index (χ1) is 12.0. The molecule has 0 saturated carbocycles. The number of hydrogen-bond acceptors (Lipinski definition) is 9. The maximum absolute atomic E-state index is 11.8. The van der Waals surface area contributed by atoms with Crippen molar-refractivity contribution in [2.75, 3.05) is 13.2 Å². The number of aliphatic hydroxyl groups excluding tert-OH is 4. The Balaban J connectivity index is 1.78.